The number of aromatic carboxylic acids is 1. The van der Waals surface area contributed by atoms with Crippen molar-refractivity contribution in [1.82, 2.24) is 0 Å². The summed E-state index contributed by atoms with van der Waals surface area (Å²) in [5.74, 6) is 2.16. The zero-order valence-electron chi connectivity index (χ0n) is 6.40. The predicted molar refractivity (Wildman–Crippen MR) is 41.7 cm³/mol. The van der Waals surface area contributed by atoms with Crippen LogP contribution in [0, 0.1) is 11.8 Å². The molecule has 0 unspecified atom stereocenters. The molecule has 0 aliphatic heterocycles. The molecular weight excluding hydrogens is 174 g/mol. The number of carbonyl (C=O) groups excluding carboxylic acids is 1. The lowest BCUT2D eigenvalue weighted by Gasteiger charge is -1.82. The van der Waals surface area contributed by atoms with Crippen molar-refractivity contribution in [3.63, 3.8) is 0 Å². The van der Waals surface area contributed by atoms with Gasteiger partial charge < -0.3 is 15.3 Å². The highest BCUT2D eigenvalue weighted by Gasteiger charge is 2.06. The molecular formula is C8H5NO4. The van der Waals surface area contributed by atoms with Crippen LogP contribution in [0.4, 0.5) is 0 Å². The maximum absolute atomic E-state index is 10.3. The Morgan fingerprint density at radius 3 is 2.62 bits per heavy atom. The van der Waals surface area contributed by atoms with Crippen molar-refractivity contribution in [1.29, 1.82) is 0 Å². The van der Waals surface area contributed by atoms with Crippen LogP contribution >= 0.6 is 0 Å². The molecule has 0 radical (unpaired) electrons. The van der Waals surface area contributed by atoms with Gasteiger partial charge in [0, 0.05) is 5.92 Å². The van der Waals surface area contributed by atoms with Crippen molar-refractivity contribution in [2.24, 2.45) is 5.73 Å². The first-order chi connectivity index (χ1) is 6.09. The normalized spacial score (nSPS) is 8.62. The van der Waals surface area contributed by atoms with E-state index in [0.29, 0.717) is 0 Å². The van der Waals surface area contributed by atoms with Crippen molar-refractivity contribution in [3.05, 3.63) is 23.7 Å². The van der Waals surface area contributed by atoms with Gasteiger partial charge in [0.05, 0.1) is 0 Å². The van der Waals surface area contributed by atoms with Crippen molar-refractivity contribution in [3.8, 4) is 11.8 Å². The Morgan fingerprint density at radius 2 is 2.15 bits per heavy atom. The Bertz CT molecular complexity index is 407. The highest BCUT2D eigenvalue weighted by molar-refractivity contribution is 5.92. The van der Waals surface area contributed by atoms with Gasteiger partial charge in [-0.05, 0) is 18.1 Å². The third-order valence-corrected chi connectivity index (χ3v) is 1.13. The average molecular weight is 179 g/mol. The van der Waals surface area contributed by atoms with Gasteiger partial charge in [-0.15, -0.1) is 0 Å². The summed E-state index contributed by atoms with van der Waals surface area (Å²) in [7, 11) is 0. The summed E-state index contributed by atoms with van der Waals surface area (Å²) in [6.45, 7) is 0. The molecule has 0 aliphatic rings. The number of carboxylic acids is 1. The maximum Gasteiger partial charge on any atom is 0.371 e. The Balaban J connectivity index is 2.89. The third kappa shape index (κ3) is 2.38. The fourth-order valence-electron chi connectivity index (χ4n) is 0.643. The standard InChI is InChI=1S/C8H5NO4/c9-7(10)4-2-5-1-3-6(13-5)8(11)12/h1,3H,(H2,9,10)(H,11,12). The van der Waals surface area contributed by atoms with E-state index in [0.717, 1.165) is 0 Å². The van der Waals surface area contributed by atoms with Gasteiger partial charge in [-0.1, -0.05) is 0 Å². The summed E-state index contributed by atoms with van der Waals surface area (Å²) in [6.07, 6.45) is 0. The average Bonchev–Trinajstić information content (AvgIpc) is 2.48. The summed E-state index contributed by atoms with van der Waals surface area (Å²) < 4.78 is 4.71. The second-order valence-corrected chi connectivity index (χ2v) is 2.08. The lowest BCUT2D eigenvalue weighted by atomic mass is 10.4. The maximum atomic E-state index is 10.3. The minimum atomic E-state index is -1.19. The zero-order valence-corrected chi connectivity index (χ0v) is 6.40. The van der Waals surface area contributed by atoms with Crippen LogP contribution in [0.3, 0.4) is 0 Å². The number of carboxylic acid groups (broad SMARTS) is 1. The fraction of sp³-hybridized carbons (Fsp3) is 0. The largest absolute Gasteiger partial charge is 0.475 e. The van der Waals surface area contributed by atoms with E-state index in [-0.39, 0.29) is 11.5 Å². The Labute approximate surface area is 73.1 Å². The number of primary amides is 1. The first-order valence-corrected chi connectivity index (χ1v) is 3.24. The highest BCUT2D eigenvalue weighted by Crippen LogP contribution is 2.05. The molecule has 66 valence electrons. The van der Waals surface area contributed by atoms with Gasteiger partial charge in [-0.3, -0.25) is 4.79 Å². The van der Waals surface area contributed by atoms with E-state index in [1.807, 2.05) is 5.92 Å². The van der Waals surface area contributed by atoms with Crippen LogP contribution in [0.25, 0.3) is 0 Å². The first-order valence-electron chi connectivity index (χ1n) is 3.24. The Hall–Kier alpha value is -2.22. The van der Waals surface area contributed by atoms with E-state index in [1.54, 1.807) is 0 Å². The smallest absolute Gasteiger partial charge is 0.371 e. The summed E-state index contributed by atoms with van der Waals surface area (Å²) in [5.41, 5.74) is 4.74. The van der Waals surface area contributed by atoms with Gasteiger partial charge in [-0.25, -0.2) is 4.79 Å². The van der Waals surface area contributed by atoms with Gasteiger partial charge in [0.15, 0.2) is 5.76 Å². The topological polar surface area (TPSA) is 93.5 Å². The summed E-state index contributed by atoms with van der Waals surface area (Å²) >= 11 is 0. The molecule has 5 nitrogen and oxygen atoms in total. The van der Waals surface area contributed by atoms with Gasteiger partial charge in [0.1, 0.15) is 0 Å². The highest BCUT2D eigenvalue weighted by atomic mass is 16.4. The number of hydrogen-bond donors (Lipinski definition) is 2. The molecule has 5 heteroatoms. The summed E-state index contributed by atoms with van der Waals surface area (Å²) in [4.78, 5) is 20.5. The van der Waals surface area contributed by atoms with Crippen LogP contribution in [0.15, 0.2) is 16.5 Å². The molecule has 0 atom stereocenters. The molecule has 13 heavy (non-hydrogen) atoms. The summed E-state index contributed by atoms with van der Waals surface area (Å²) in [6, 6.07) is 2.59. The van der Waals surface area contributed by atoms with Crippen LogP contribution in [-0.2, 0) is 4.79 Å². The second-order valence-electron chi connectivity index (χ2n) is 2.08. The number of amides is 1. The molecule has 1 aromatic heterocycles. The van der Waals surface area contributed by atoms with Crippen LogP contribution in [0.2, 0.25) is 0 Å². The molecule has 1 aromatic rings. The predicted octanol–water partition coefficient (Wildman–Crippen LogP) is -0.185. The molecule has 1 rings (SSSR count). The molecule has 0 bridgehead atoms. The molecule has 0 spiro atoms. The SMILES string of the molecule is NC(=O)C#Cc1ccc(C(=O)O)o1. The Morgan fingerprint density at radius 1 is 1.46 bits per heavy atom. The van der Waals surface area contributed by atoms with Crippen LogP contribution < -0.4 is 5.73 Å². The number of nitrogens with two attached hydrogens (primary N) is 1. The van der Waals surface area contributed by atoms with E-state index in [9.17, 15) is 9.59 Å². The van der Waals surface area contributed by atoms with Gasteiger partial charge in [0.25, 0.3) is 5.91 Å². The lowest BCUT2D eigenvalue weighted by Crippen LogP contribution is -2.05. The summed E-state index contributed by atoms with van der Waals surface area (Å²) in [5, 5.41) is 8.44. The number of rotatable bonds is 1. The van der Waals surface area contributed by atoms with E-state index in [2.05, 4.69) is 5.92 Å². The molecule has 1 amide bonds. The van der Waals surface area contributed by atoms with Crippen LogP contribution in [-0.4, -0.2) is 17.0 Å². The minimum absolute atomic E-state index is 0.0937. The first kappa shape index (κ1) is 8.87. The number of hydrogen-bond acceptors (Lipinski definition) is 3. The van der Waals surface area contributed by atoms with E-state index < -0.39 is 11.9 Å². The molecule has 0 aliphatic carbocycles. The van der Waals surface area contributed by atoms with Crippen LogP contribution in [0.5, 0.6) is 0 Å². The van der Waals surface area contributed by atoms with E-state index >= 15 is 0 Å². The van der Waals surface area contributed by atoms with Crippen LogP contribution in [0.1, 0.15) is 16.3 Å². The van der Waals surface area contributed by atoms with Crippen molar-refractivity contribution >= 4 is 11.9 Å². The van der Waals surface area contributed by atoms with E-state index in [4.69, 9.17) is 15.3 Å². The molecule has 0 saturated heterocycles. The minimum Gasteiger partial charge on any atom is -0.475 e. The molecule has 1 heterocycles. The zero-order chi connectivity index (χ0) is 9.84. The second kappa shape index (κ2) is 3.45. The van der Waals surface area contributed by atoms with E-state index in [1.165, 1.54) is 12.1 Å². The number of furan rings is 1. The molecule has 0 fully saturated rings. The van der Waals surface area contributed by atoms with Gasteiger partial charge >= 0.3 is 5.97 Å². The third-order valence-electron chi connectivity index (χ3n) is 1.13. The lowest BCUT2D eigenvalue weighted by molar-refractivity contribution is -0.112. The number of carbonyl (C=O) groups is 2. The van der Waals surface area contributed by atoms with Crippen molar-refractivity contribution in [2.75, 3.05) is 0 Å². The molecule has 3 N–H and O–H groups in total. The van der Waals surface area contributed by atoms with Crippen molar-refractivity contribution in [2.45, 2.75) is 0 Å². The van der Waals surface area contributed by atoms with Gasteiger partial charge in [0.2, 0.25) is 5.76 Å². The fourth-order valence-corrected chi connectivity index (χ4v) is 0.643. The van der Waals surface area contributed by atoms with Gasteiger partial charge in [-0.2, -0.15) is 0 Å². The monoisotopic (exact) mass is 179 g/mol. The molecule has 0 aromatic carbocycles. The molecule has 0 saturated carbocycles. The van der Waals surface area contributed by atoms with Crippen molar-refractivity contribution < 1.29 is 19.1 Å². The quantitative estimate of drug-likeness (QED) is 0.584. The Kier molecular flexibility index (Phi) is 2.36.